The van der Waals surface area contributed by atoms with Gasteiger partial charge in [-0.2, -0.15) is 0 Å². The molecule has 0 fully saturated rings. The number of halogens is 1. The van der Waals surface area contributed by atoms with Crippen LogP contribution in [0, 0.1) is 5.92 Å². The van der Waals surface area contributed by atoms with E-state index in [1.807, 2.05) is 49.4 Å². The van der Waals surface area contributed by atoms with Crippen LogP contribution < -0.4 is 10.4 Å². The van der Waals surface area contributed by atoms with Crippen molar-refractivity contribution in [3.63, 3.8) is 0 Å². The molecule has 3 rings (SSSR count). The molecule has 0 spiro atoms. The largest absolute Gasteiger partial charge is 0.407 e. The summed E-state index contributed by atoms with van der Waals surface area (Å²) in [6.07, 6.45) is 1.41. The zero-order valence-electron chi connectivity index (χ0n) is 20.7. The van der Waals surface area contributed by atoms with Crippen LogP contribution in [-0.4, -0.2) is 26.1 Å². The van der Waals surface area contributed by atoms with Crippen LogP contribution in [0.4, 0.5) is 4.39 Å². The molecule has 4 heteroatoms. The first-order valence-corrected chi connectivity index (χ1v) is 14.0. The second-order valence-electron chi connectivity index (χ2n) is 10.0. The number of rotatable bonds is 10. The van der Waals surface area contributed by atoms with Crippen molar-refractivity contribution in [3.8, 4) is 0 Å². The van der Waals surface area contributed by atoms with E-state index in [1.165, 1.54) is 16.4 Å². The third-order valence-electron chi connectivity index (χ3n) is 6.29. The van der Waals surface area contributed by atoms with Gasteiger partial charge in [-0.05, 0) is 45.8 Å². The number of aliphatic hydroxyl groups is 1. The normalized spacial score (nSPS) is 14.6. The van der Waals surface area contributed by atoms with Crippen LogP contribution >= 0.6 is 0 Å². The van der Waals surface area contributed by atoms with Gasteiger partial charge in [0, 0.05) is 6.61 Å². The summed E-state index contributed by atoms with van der Waals surface area (Å²) in [5.74, 6) is -0.650. The lowest BCUT2D eigenvalue weighted by Crippen LogP contribution is -2.66. The van der Waals surface area contributed by atoms with Crippen molar-refractivity contribution < 1.29 is 13.9 Å². The fourth-order valence-corrected chi connectivity index (χ4v) is 9.20. The standard InChI is InChI=1S/C30H37FO2Si/c1-24(22-28(31)29(32)21-20-25-14-8-5-9-15-25)23-33-34(30(2,3)4,26-16-10-6-11-17-26)27-18-12-7-13-19-27/h5-19,22,24,29,32H,20-21,23H2,1-4H3/b28-22-/t24-,29?/m1/s1. The number of aryl methyl sites for hydroxylation is 1. The van der Waals surface area contributed by atoms with Crippen LogP contribution in [0.25, 0.3) is 0 Å². The molecule has 2 atom stereocenters. The van der Waals surface area contributed by atoms with Gasteiger partial charge in [0.05, 0.1) is 0 Å². The molecule has 1 unspecified atom stereocenters. The molecule has 1 N–H and O–H groups in total. The van der Waals surface area contributed by atoms with E-state index in [4.69, 9.17) is 4.43 Å². The highest BCUT2D eigenvalue weighted by atomic mass is 28.4. The van der Waals surface area contributed by atoms with E-state index in [1.54, 1.807) is 0 Å². The van der Waals surface area contributed by atoms with E-state index in [0.717, 1.165) is 5.56 Å². The predicted octanol–water partition coefficient (Wildman–Crippen LogP) is 6.05. The molecule has 0 radical (unpaired) electrons. The van der Waals surface area contributed by atoms with Crippen LogP contribution in [0.3, 0.4) is 0 Å². The zero-order chi connectivity index (χ0) is 24.6. The molecule has 0 aromatic heterocycles. The number of hydrogen-bond acceptors (Lipinski definition) is 2. The molecule has 0 amide bonds. The lowest BCUT2D eigenvalue weighted by molar-refractivity contribution is 0.170. The van der Waals surface area contributed by atoms with Crippen molar-refractivity contribution in [1.82, 2.24) is 0 Å². The molecular formula is C30H37FO2Si. The van der Waals surface area contributed by atoms with Gasteiger partial charge in [0.25, 0.3) is 8.32 Å². The molecule has 0 bridgehead atoms. The minimum atomic E-state index is -2.66. The van der Waals surface area contributed by atoms with Crippen molar-refractivity contribution in [1.29, 1.82) is 0 Å². The van der Waals surface area contributed by atoms with E-state index in [-0.39, 0.29) is 11.0 Å². The first kappa shape index (κ1) is 26.1. The average Bonchev–Trinajstić information content (AvgIpc) is 2.84. The first-order chi connectivity index (χ1) is 16.2. The Labute approximate surface area is 205 Å². The second kappa shape index (κ2) is 11.7. The van der Waals surface area contributed by atoms with Gasteiger partial charge in [-0.1, -0.05) is 119 Å². The molecule has 34 heavy (non-hydrogen) atoms. The summed E-state index contributed by atoms with van der Waals surface area (Å²) in [5, 5.41) is 12.6. The average molecular weight is 477 g/mol. The molecule has 3 aromatic rings. The lowest BCUT2D eigenvalue weighted by atomic mass is 10.0. The van der Waals surface area contributed by atoms with Crippen molar-refractivity contribution in [2.24, 2.45) is 5.92 Å². The van der Waals surface area contributed by atoms with Crippen molar-refractivity contribution in [2.75, 3.05) is 6.61 Å². The van der Waals surface area contributed by atoms with Crippen LogP contribution in [0.15, 0.2) is 103 Å². The quantitative estimate of drug-likeness (QED) is 0.361. The molecule has 0 saturated heterocycles. The third kappa shape index (κ3) is 6.32. The number of aliphatic hydroxyl groups excluding tert-OH is 1. The molecule has 3 aromatic carbocycles. The van der Waals surface area contributed by atoms with Crippen LogP contribution in [0.1, 0.15) is 39.7 Å². The monoisotopic (exact) mass is 476 g/mol. The lowest BCUT2D eigenvalue weighted by Gasteiger charge is -2.43. The van der Waals surface area contributed by atoms with E-state index < -0.39 is 20.2 Å². The van der Waals surface area contributed by atoms with Crippen molar-refractivity contribution in [2.45, 2.75) is 51.7 Å². The topological polar surface area (TPSA) is 29.5 Å². The summed E-state index contributed by atoms with van der Waals surface area (Å²) < 4.78 is 21.7. The molecular weight excluding hydrogens is 439 g/mol. The number of benzene rings is 3. The van der Waals surface area contributed by atoms with Crippen LogP contribution in [-0.2, 0) is 10.8 Å². The highest BCUT2D eigenvalue weighted by Crippen LogP contribution is 2.37. The molecule has 0 saturated carbocycles. The Hall–Kier alpha value is -2.53. The Kier molecular flexibility index (Phi) is 9.01. The van der Waals surface area contributed by atoms with E-state index >= 15 is 0 Å². The summed E-state index contributed by atoms with van der Waals surface area (Å²) in [7, 11) is -2.66. The molecule has 0 aliphatic rings. The smallest absolute Gasteiger partial charge is 0.261 e. The Morgan fingerprint density at radius 3 is 1.82 bits per heavy atom. The van der Waals surface area contributed by atoms with Gasteiger partial charge in [0.1, 0.15) is 11.9 Å². The summed E-state index contributed by atoms with van der Waals surface area (Å²) in [6, 6.07) is 30.7. The molecule has 180 valence electrons. The molecule has 0 aliphatic heterocycles. The summed E-state index contributed by atoms with van der Waals surface area (Å²) in [4.78, 5) is 0. The van der Waals surface area contributed by atoms with E-state index in [2.05, 4.69) is 69.3 Å². The molecule has 2 nitrogen and oxygen atoms in total. The minimum absolute atomic E-state index is 0.132. The van der Waals surface area contributed by atoms with Gasteiger partial charge in [-0.15, -0.1) is 0 Å². The van der Waals surface area contributed by atoms with Crippen LogP contribution in [0.2, 0.25) is 5.04 Å². The van der Waals surface area contributed by atoms with Crippen molar-refractivity contribution >= 4 is 18.7 Å². The highest BCUT2D eigenvalue weighted by molar-refractivity contribution is 6.99. The fraction of sp³-hybridized carbons (Fsp3) is 0.333. The zero-order valence-corrected chi connectivity index (χ0v) is 21.7. The highest BCUT2D eigenvalue weighted by Gasteiger charge is 2.50. The Morgan fingerprint density at radius 2 is 1.35 bits per heavy atom. The van der Waals surface area contributed by atoms with Gasteiger partial charge in [0.15, 0.2) is 0 Å². The Morgan fingerprint density at radius 1 is 0.882 bits per heavy atom. The maximum Gasteiger partial charge on any atom is 0.261 e. The Bertz CT molecular complexity index is 990. The van der Waals surface area contributed by atoms with Gasteiger partial charge in [-0.25, -0.2) is 4.39 Å². The summed E-state index contributed by atoms with van der Waals surface area (Å²) >= 11 is 0. The maximum atomic E-state index is 14.8. The Balaban J connectivity index is 1.78. The van der Waals surface area contributed by atoms with Gasteiger partial charge in [0.2, 0.25) is 0 Å². The van der Waals surface area contributed by atoms with Gasteiger partial charge < -0.3 is 9.53 Å². The van der Waals surface area contributed by atoms with E-state index in [0.29, 0.717) is 19.4 Å². The fourth-order valence-electron chi connectivity index (χ4n) is 4.53. The van der Waals surface area contributed by atoms with E-state index in [9.17, 15) is 9.50 Å². The summed E-state index contributed by atoms with van der Waals surface area (Å²) in [6.45, 7) is 9.02. The molecule has 0 aliphatic carbocycles. The molecule has 0 heterocycles. The minimum Gasteiger partial charge on any atom is -0.407 e. The van der Waals surface area contributed by atoms with Gasteiger partial charge >= 0.3 is 0 Å². The number of hydrogen-bond donors (Lipinski definition) is 1. The predicted molar refractivity (Wildman–Crippen MR) is 143 cm³/mol. The first-order valence-electron chi connectivity index (χ1n) is 12.1. The van der Waals surface area contributed by atoms with Crippen molar-refractivity contribution in [3.05, 3.63) is 108 Å². The second-order valence-corrected chi connectivity index (χ2v) is 14.3. The SMILES string of the molecule is C[C@H](/C=C(\F)C(O)CCc1ccccc1)CO[Si](c1ccccc1)(c1ccccc1)C(C)(C)C. The van der Waals surface area contributed by atoms with Crippen LogP contribution in [0.5, 0.6) is 0 Å². The summed E-state index contributed by atoms with van der Waals surface area (Å²) in [5.41, 5.74) is 1.09. The maximum absolute atomic E-state index is 14.8. The van der Waals surface area contributed by atoms with Gasteiger partial charge in [-0.3, -0.25) is 0 Å². The third-order valence-corrected chi connectivity index (χ3v) is 11.3.